The lowest BCUT2D eigenvalue weighted by Crippen LogP contribution is -2.39. The number of nitrogens with one attached hydrogen (secondary N) is 2. The Labute approximate surface area is 192 Å². The largest absolute Gasteiger partial charge is 0.336 e. The zero-order chi connectivity index (χ0) is 22.0. The second-order valence-electron chi connectivity index (χ2n) is 8.69. The zero-order valence-corrected chi connectivity index (χ0v) is 21.1. The Bertz CT molecular complexity index is 668. The van der Waals surface area contributed by atoms with Gasteiger partial charge in [0.1, 0.15) is 0 Å². The van der Waals surface area contributed by atoms with Gasteiger partial charge in [0.15, 0.2) is 0 Å². The van der Waals surface area contributed by atoms with E-state index >= 15 is 0 Å². The molecular weight excluding hydrogens is 408 g/mol. The number of anilines is 1. The van der Waals surface area contributed by atoms with E-state index in [-0.39, 0.29) is 10.1 Å². The summed E-state index contributed by atoms with van der Waals surface area (Å²) < 4.78 is 0.102. The molecule has 168 valence electrons. The van der Waals surface area contributed by atoms with Crippen molar-refractivity contribution in [1.29, 1.82) is 0 Å². The maximum absolute atomic E-state index is 12.9. The molecule has 0 atom stereocenters. The fourth-order valence-corrected chi connectivity index (χ4v) is 6.88. The number of thioether (sulfide) groups is 2. The topological polar surface area (TPSA) is 41.1 Å². The van der Waals surface area contributed by atoms with Crippen LogP contribution in [0.4, 0.5) is 10.5 Å². The summed E-state index contributed by atoms with van der Waals surface area (Å²) in [6.45, 7) is 11.6. The Morgan fingerprint density at radius 1 is 1.07 bits per heavy atom. The number of hydrogen-bond acceptors (Lipinski definition) is 3. The highest BCUT2D eigenvalue weighted by Gasteiger charge is 2.35. The summed E-state index contributed by atoms with van der Waals surface area (Å²) in [4.78, 5) is 12.9. The quantitative estimate of drug-likeness (QED) is 0.268. The van der Waals surface area contributed by atoms with Gasteiger partial charge in [-0.1, -0.05) is 77.8 Å². The standard InChI is InChI=1S/C25H40N2OS2/c1-6-7-8-9-10-11-15-25(29-16-17-30-25)18-26-24(28)27-23-21(19(2)3)13-12-14-22(23)20(4)5/h9-10,12-14,19-20H,6-8,11,15-18H2,1-5H3,(H2,26,27,28)/b10-9+. The highest BCUT2D eigenvalue weighted by molar-refractivity contribution is 8.21. The Morgan fingerprint density at radius 3 is 2.23 bits per heavy atom. The molecule has 1 fully saturated rings. The van der Waals surface area contributed by atoms with Gasteiger partial charge in [-0.3, -0.25) is 0 Å². The van der Waals surface area contributed by atoms with Crippen molar-refractivity contribution in [2.45, 2.75) is 82.6 Å². The third-order valence-electron chi connectivity index (χ3n) is 5.53. The molecule has 0 aromatic heterocycles. The van der Waals surface area contributed by atoms with Crippen LogP contribution >= 0.6 is 23.5 Å². The first-order valence-corrected chi connectivity index (χ1v) is 13.5. The SMILES string of the molecule is CCCC/C=C/CCC1(CNC(=O)Nc2c(C(C)C)cccc2C(C)C)SCCS1. The van der Waals surface area contributed by atoms with Crippen molar-refractivity contribution in [3.63, 3.8) is 0 Å². The summed E-state index contributed by atoms with van der Waals surface area (Å²) in [7, 11) is 0. The molecule has 1 aromatic carbocycles. The lowest BCUT2D eigenvalue weighted by Gasteiger charge is -2.27. The molecule has 0 saturated carbocycles. The van der Waals surface area contributed by atoms with Gasteiger partial charge in [-0.2, -0.15) is 0 Å². The normalized spacial score (nSPS) is 16.0. The van der Waals surface area contributed by atoms with Crippen LogP contribution < -0.4 is 10.6 Å². The molecule has 2 N–H and O–H groups in total. The summed E-state index contributed by atoms with van der Waals surface area (Å²) in [6, 6.07) is 6.27. The van der Waals surface area contributed by atoms with Gasteiger partial charge in [-0.15, -0.1) is 23.5 Å². The molecule has 2 rings (SSSR count). The Kier molecular flexibility index (Phi) is 10.7. The van der Waals surface area contributed by atoms with Crippen LogP contribution in [0.15, 0.2) is 30.4 Å². The van der Waals surface area contributed by atoms with Crippen molar-refractivity contribution in [3.05, 3.63) is 41.5 Å². The van der Waals surface area contributed by atoms with Gasteiger partial charge >= 0.3 is 6.03 Å². The molecule has 1 heterocycles. The van der Waals surface area contributed by atoms with E-state index < -0.39 is 0 Å². The number of carbonyl (C=O) groups excluding carboxylic acids is 1. The molecule has 0 aliphatic carbocycles. The molecule has 1 aliphatic rings. The highest BCUT2D eigenvalue weighted by atomic mass is 32.2. The van der Waals surface area contributed by atoms with Crippen LogP contribution in [0.3, 0.4) is 0 Å². The molecule has 0 bridgehead atoms. The molecule has 5 heteroatoms. The third-order valence-corrected chi connectivity index (χ3v) is 9.06. The summed E-state index contributed by atoms with van der Waals surface area (Å²) in [6.07, 6.45) is 10.5. The average molecular weight is 449 g/mol. The van der Waals surface area contributed by atoms with Crippen LogP contribution in [0.1, 0.15) is 89.7 Å². The lowest BCUT2D eigenvalue weighted by molar-refractivity contribution is 0.251. The Hall–Kier alpha value is -1.07. The molecule has 0 spiro atoms. The first-order chi connectivity index (χ1) is 14.4. The highest BCUT2D eigenvalue weighted by Crippen LogP contribution is 2.46. The molecule has 0 radical (unpaired) electrons. The number of carbonyl (C=O) groups is 1. The molecule has 1 aliphatic heterocycles. The van der Waals surface area contributed by atoms with Crippen LogP contribution in [-0.4, -0.2) is 28.2 Å². The third kappa shape index (κ3) is 7.56. The van der Waals surface area contributed by atoms with Crippen molar-refractivity contribution < 1.29 is 4.79 Å². The first-order valence-electron chi connectivity index (χ1n) is 11.5. The van der Waals surface area contributed by atoms with E-state index in [4.69, 9.17) is 0 Å². The van der Waals surface area contributed by atoms with E-state index in [1.165, 1.54) is 41.9 Å². The minimum absolute atomic E-state index is 0.0871. The Balaban J connectivity index is 1.98. The number of rotatable bonds is 11. The summed E-state index contributed by atoms with van der Waals surface area (Å²) >= 11 is 4.02. The molecule has 2 amide bonds. The number of benzene rings is 1. The van der Waals surface area contributed by atoms with Gasteiger partial charge in [-0.25, -0.2) is 4.79 Å². The number of unbranched alkanes of at least 4 members (excludes halogenated alkanes) is 2. The van der Waals surface area contributed by atoms with Crippen molar-refractivity contribution >= 4 is 35.2 Å². The van der Waals surface area contributed by atoms with Crippen LogP contribution in [-0.2, 0) is 0 Å². The first kappa shape index (κ1) is 25.2. The maximum Gasteiger partial charge on any atom is 0.319 e. The zero-order valence-electron chi connectivity index (χ0n) is 19.4. The fraction of sp³-hybridized carbons (Fsp3) is 0.640. The van der Waals surface area contributed by atoms with E-state index in [9.17, 15) is 4.79 Å². The van der Waals surface area contributed by atoms with Gasteiger partial charge in [-0.05, 0) is 42.2 Å². The predicted octanol–water partition coefficient (Wildman–Crippen LogP) is 7.76. The number of para-hydroxylation sites is 1. The smallest absolute Gasteiger partial charge is 0.319 e. The predicted molar refractivity (Wildman–Crippen MR) is 137 cm³/mol. The summed E-state index contributed by atoms with van der Waals surface area (Å²) in [5.41, 5.74) is 3.39. The van der Waals surface area contributed by atoms with Crippen molar-refractivity contribution in [1.82, 2.24) is 5.32 Å². The number of allylic oxidation sites excluding steroid dienone is 2. The van der Waals surface area contributed by atoms with E-state index in [1.54, 1.807) is 0 Å². The second-order valence-corrected chi connectivity index (χ2v) is 11.9. The molecule has 0 unspecified atom stereocenters. The molecule has 1 saturated heterocycles. The molecular formula is C25H40N2OS2. The van der Waals surface area contributed by atoms with E-state index in [0.29, 0.717) is 18.4 Å². The van der Waals surface area contributed by atoms with Crippen molar-refractivity contribution in [2.75, 3.05) is 23.4 Å². The maximum atomic E-state index is 12.9. The van der Waals surface area contributed by atoms with Gasteiger partial charge in [0.05, 0.1) is 4.08 Å². The van der Waals surface area contributed by atoms with Gasteiger partial charge in [0.25, 0.3) is 0 Å². The summed E-state index contributed by atoms with van der Waals surface area (Å²) in [5, 5.41) is 6.38. The van der Waals surface area contributed by atoms with Crippen LogP contribution in [0.25, 0.3) is 0 Å². The second kappa shape index (κ2) is 12.7. The molecule has 1 aromatic rings. The van der Waals surface area contributed by atoms with E-state index in [2.05, 4.69) is 75.6 Å². The molecule has 30 heavy (non-hydrogen) atoms. The van der Waals surface area contributed by atoms with Gasteiger partial charge in [0.2, 0.25) is 0 Å². The fourth-order valence-electron chi connectivity index (χ4n) is 3.76. The number of hydrogen-bond donors (Lipinski definition) is 2. The van der Waals surface area contributed by atoms with Crippen molar-refractivity contribution in [2.24, 2.45) is 0 Å². The van der Waals surface area contributed by atoms with E-state index in [0.717, 1.165) is 18.5 Å². The Morgan fingerprint density at radius 2 is 1.67 bits per heavy atom. The van der Waals surface area contributed by atoms with Gasteiger partial charge < -0.3 is 10.6 Å². The van der Waals surface area contributed by atoms with Gasteiger partial charge in [0, 0.05) is 23.7 Å². The van der Waals surface area contributed by atoms with Crippen LogP contribution in [0.5, 0.6) is 0 Å². The minimum Gasteiger partial charge on any atom is -0.336 e. The van der Waals surface area contributed by atoms with E-state index in [1.807, 2.05) is 23.5 Å². The monoisotopic (exact) mass is 448 g/mol. The minimum atomic E-state index is -0.0871. The van der Waals surface area contributed by atoms with Crippen LogP contribution in [0, 0.1) is 0 Å². The average Bonchev–Trinajstić information content (AvgIpc) is 3.18. The van der Waals surface area contributed by atoms with Crippen LogP contribution in [0.2, 0.25) is 0 Å². The van der Waals surface area contributed by atoms with Crippen molar-refractivity contribution in [3.8, 4) is 0 Å². The lowest BCUT2D eigenvalue weighted by atomic mass is 9.93. The summed E-state index contributed by atoms with van der Waals surface area (Å²) in [5.74, 6) is 3.07. The molecule has 3 nitrogen and oxygen atoms in total. The number of urea groups is 1. The number of amides is 2.